The van der Waals surface area contributed by atoms with Gasteiger partial charge in [-0.05, 0) is 23.8 Å². The number of carbonyl (C=O) groups excluding carboxylic acids is 1. The standard InChI is InChI=1S/C16H19FN2OS/c1-10(20)18-15-19-14(16(2,3)4)9-13(21-15)11-5-7-12(17)8-6-11/h5-9,15H,1-4H3,(H,18,20). The predicted molar refractivity (Wildman–Crippen MR) is 86.5 cm³/mol. The lowest BCUT2D eigenvalue weighted by Gasteiger charge is -2.27. The quantitative estimate of drug-likeness (QED) is 0.902. The van der Waals surface area contributed by atoms with Crippen LogP contribution in [0.4, 0.5) is 4.39 Å². The molecule has 1 aliphatic heterocycles. The van der Waals surface area contributed by atoms with Crippen molar-refractivity contribution in [2.45, 2.75) is 33.2 Å². The Morgan fingerprint density at radius 2 is 1.90 bits per heavy atom. The molecular formula is C16H19FN2OS. The number of carbonyl (C=O) groups is 1. The predicted octanol–water partition coefficient (Wildman–Crippen LogP) is 3.82. The van der Waals surface area contributed by atoms with Crippen LogP contribution in [0.5, 0.6) is 0 Å². The van der Waals surface area contributed by atoms with Crippen molar-refractivity contribution in [3.05, 3.63) is 41.7 Å². The highest BCUT2D eigenvalue weighted by Crippen LogP contribution is 2.37. The normalized spacial score (nSPS) is 18.8. The number of aliphatic imine (C=N–C) groups is 1. The van der Waals surface area contributed by atoms with Crippen LogP contribution in [0, 0.1) is 11.2 Å². The monoisotopic (exact) mass is 306 g/mol. The van der Waals surface area contributed by atoms with E-state index in [-0.39, 0.29) is 22.6 Å². The Morgan fingerprint density at radius 1 is 1.29 bits per heavy atom. The van der Waals surface area contributed by atoms with Crippen molar-refractivity contribution in [3.63, 3.8) is 0 Å². The summed E-state index contributed by atoms with van der Waals surface area (Å²) >= 11 is 1.46. The van der Waals surface area contributed by atoms with Crippen LogP contribution in [0.1, 0.15) is 33.3 Å². The van der Waals surface area contributed by atoms with Crippen LogP contribution in [0.25, 0.3) is 4.91 Å². The molecule has 0 spiro atoms. The molecule has 2 rings (SSSR count). The van der Waals surface area contributed by atoms with E-state index in [0.29, 0.717) is 0 Å². The van der Waals surface area contributed by atoms with Crippen LogP contribution in [0.2, 0.25) is 0 Å². The van der Waals surface area contributed by atoms with Crippen LogP contribution in [-0.2, 0) is 4.79 Å². The molecule has 0 aromatic heterocycles. The summed E-state index contributed by atoms with van der Waals surface area (Å²) in [6.45, 7) is 7.70. The summed E-state index contributed by atoms with van der Waals surface area (Å²) in [4.78, 5) is 16.9. The molecule has 1 atom stereocenters. The molecule has 0 fully saturated rings. The average molecular weight is 306 g/mol. The summed E-state index contributed by atoms with van der Waals surface area (Å²) in [5.74, 6) is -0.381. The molecule has 1 N–H and O–H groups in total. The number of benzene rings is 1. The van der Waals surface area contributed by atoms with Crippen molar-refractivity contribution >= 4 is 28.3 Å². The SMILES string of the molecule is CC(=O)NC1N=C(C(C)(C)C)C=C(c2ccc(F)cc2)S1. The van der Waals surface area contributed by atoms with Gasteiger partial charge in [-0.2, -0.15) is 0 Å². The third kappa shape index (κ3) is 4.17. The molecule has 0 bridgehead atoms. The third-order valence-electron chi connectivity index (χ3n) is 2.99. The molecule has 21 heavy (non-hydrogen) atoms. The van der Waals surface area contributed by atoms with Gasteiger partial charge < -0.3 is 5.32 Å². The number of hydrogen-bond donors (Lipinski definition) is 1. The zero-order chi connectivity index (χ0) is 15.6. The van der Waals surface area contributed by atoms with Crippen molar-refractivity contribution in [2.75, 3.05) is 0 Å². The van der Waals surface area contributed by atoms with Gasteiger partial charge in [-0.3, -0.25) is 9.79 Å². The van der Waals surface area contributed by atoms with Crippen molar-refractivity contribution in [3.8, 4) is 0 Å². The van der Waals surface area contributed by atoms with E-state index in [9.17, 15) is 9.18 Å². The molecule has 0 aliphatic carbocycles. The van der Waals surface area contributed by atoms with Crippen LogP contribution in [0.3, 0.4) is 0 Å². The van der Waals surface area contributed by atoms with Gasteiger partial charge in [-0.15, -0.1) is 0 Å². The van der Waals surface area contributed by atoms with Crippen LogP contribution < -0.4 is 5.32 Å². The average Bonchev–Trinajstić information content (AvgIpc) is 2.37. The lowest BCUT2D eigenvalue weighted by atomic mass is 9.89. The number of nitrogens with zero attached hydrogens (tertiary/aromatic N) is 1. The maximum absolute atomic E-state index is 13.1. The van der Waals surface area contributed by atoms with Crippen LogP contribution in [0.15, 0.2) is 35.3 Å². The summed E-state index contributed by atoms with van der Waals surface area (Å²) in [5.41, 5.74) is 1.37. The van der Waals surface area contributed by atoms with Crippen molar-refractivity contribution < 1.29 is 9.18 Å². The van der Waals surface area contributed by atoms with E-state index in [2.05, 4.69) is 31.1 Å². The molecule has 1 aromatic carbocycles. The Morgan fingerprint density at radius 3 is 2.43 bits per heavy atom. The number of nitrogens with one attached hydrogen (secondary N) is 1. The molecule has 5 heteroatoms. The second kappa shape index (κ2) is 6.02. The van der Waals surface area contributed by atoms with E-state index in [0.717, 1.165) is 16.2 Å². The first-order valence-electron chi connectivity index (χ1n) is 6.75. The largest absolute Gasteiger partial charge is 0.326 e. The highest BCUT2D eigenvalue weighted by atomic mass is 32.2. The van der Waals surface area contributed by atoms with Gasteiger partial charge in [0.1, 0.15) is 5.82 Å². The first-order valence-corrected chi connectivity index (χ1v) is 7.63. The van der Waals surface area contributed by atoms with Crippen molar-refractivity contribution in [1.29, 1.82) is 0 Å². The van der Waals surface area contributed by atoms with E-state index in [1.165, 1.54) is 30.8 Å². The fourth-order valence-corrected chi connectivity index (χ4v) is 2.96. The molecule has 0 saturated carbocycles. The first-order chi connectivity index (χ1) is 9.75. The van der Waals surface area contributed by atoms with Gasteiger partial charge in [0, 0.05) is 23.0 Å². The number of amides is 1. The van der Waals surface area contributed by atoms with Gasteiger partial charge in [-0.25, -0.2) is 4.39 Å². The third-order valence-corrected chi connectivity index (χ3v) is 4.04. The van der Waals surface area contributed by atoms with Gasteiger partial charge in [0.2, 0.25) is 5.91 Å². The second-order valence-electron chi connectivity index (χ2n) is 5.95. The van der Waals surface area contributed by atoms with Gasteiger partial charge in [0.05, 0.1) is 0 Å². The summed E-state index contributed by atoms with van der Waals surface area (Å²) in [5, 5.41) is 2.82. The number of thioether (sulfide) groups is 1. The van der Waals surface area contributed by atoms with E-state index in [4.69, 9.17) is 0 Å². The van der Waals surface area contributed by atoms with E-state index >= 15 is 0 Å². The maximum atomic E-state index is 13.1. The highest BCUT2D eigenvalue weighted by molar-refractivity contribution is 8.08. The van der Waals surface area contributed by atoms with Crippen LogP contribution in [-0.4, -0.2) is 17.1 Å². The molecule has 1 unspecified atom stereocenters. The van der Waals surface area contributed by atoms with Crippen molar-refractivity contribution in [2.24, 2.45) is 10.4 Å². The minimum absolute atomic E-state index is 0.120. The minimum atomic E-state index is -0.346. The summed E-state index contributed by atoms with van der Waals surface area (Å²) in [6, 6.07) is 6.36. The van der Waals surface area contributed by atoms with Gasteiger partial charge in [0.25, 0.3) is 0 Å². The molecule has 1 amide bonds. The van der Waals surface area contributed by atoms with E-state index in [1.54, 1.807) is 12.1 Å². The van der Waals surface area contributed by atoms with Gasteiger partial charge >= 0.3 is 0 Å². The molecule has 1 aromatic rings. The summed E-state index contributed by atoms with van der Waals surface area (Å²) < 4.78 is 13.1. The molecule has 3 nitrogen and oxygen atoms in total. The maximum Gasteiger partial charge on any atom is 0.219 e. The number of allylic oxidation sites excluding steroid dienone is 1. The Labute approximate surface area is 128 Å². The number of halogens is 1. The van der Waals surface area contributed by atoms with E-state index < -0.39 is 0 Å². The number of rotatable bonds is 2. The molecule has 1 heterocycles. The molecule has 0 saturated heterocycles. The molecule has 112 valence electrons. The Hall–Kier alpha value is -1.62. The van der Waals surface area contributed by atoms with Gasteiger partial charge in [0.15, 0.2) is 5.50 Å². The molecular weight excluding hydrogens is 287 g/mol. The molecule has 1 aliphatic rings. The summed E-state index contributed by atoms with van der Waals surface area (Å²) in [7, 11) is 0. The van der Waals surface area contributed by atoms with Crippen LogP contribution >= 0.6 is 11.8 Å². The topological polar surface area (TPSA) is 41.5 Å². The Kier molecular flexibility index (Phi) is 4.52. The zero-order valence-corrected chi connectivity index (χ0v) is 13.4. The zero-order valence-electron chi connectivity index (χ0n) is 12.6. The smallest absolute Gasteiger partial charge is 0.219 e. The summed E-state index contributed by atoms with van der Waals surface area (Å²) in [6.07, 6.45) is 2.01. The fourth-order valence-electron chi connectivity index (χ4n) is 1.88. The molecule has 0 radical (unpaired) electrons. The minimum Gasteiger partial charge on any atom is -0.326 e. The fraction of sp³-hybridized carbons (Fsp3) is 0.375. The second-order valence-corrected chi connectivity index (χ2v) is 7.07. The number of hydrogen-bond acceptors (Lipinski definition) is 3. The first kappa shape index (κ1) is 15.8. The van der Waals surface area contributed by atoms with Gasteiger partial charge in [-0.1, -0.05) is 44.7 Å². The lowest BCUT2D eigenvalue weighted by Crippen LogP contribution is -2.33. The highest BCUT2D eigenvalue weighted by Gasteiger charge is 2.25. The Bertz CT molecular complexity index is 600. The van der Waals surface area contributed by atoms with Crippen molar-refractivity contribution in [1.82, 2.24) is 5.32 Å². The lowest BCUT2D eigenvalue weighted by molar-refractivity contribution is -0.119. The Balaban J connectivity index is 2.36. The van der Waals surface area contributed by atoms with E-state index in [1.807, 2.05) is 6.08 Å².